The second-order valence-corrected chi connectivity index (χ2v) is 6.96. The minimum Gasteiger partial charge on any atom is -0.474 e. The van der Waals surface area contributed by atoms with Crippen molar-refractivity contribution < 1.29 is 4.74 Å². The molecule has 0 aliphatic carbocycles. The number of benzene rings is 2. The van der Waals surface area contributed by atoms with E-state index in [1.165, 1.54) is 11.1 Å². The van der Waals surface area contributed by atoms with Gasteiger partial charge in [-0.2, -0.15) is 0 Å². The summed E-state index contributed by atoms with van der Waals surface area (Å²) in [5.74, 6) is 1.46. The Morgan fingerprint density at radius 1 is 0.920 bits per heavy atom. The van der Waals surface area contributed by atoms with Crippen LogP contribution in [0.1, 0.15) is 56.2 Å². The number of ether oxygens (including phenoxy) is 1. The van der Waals surface area contributed by atoms with Gasteiger partial charge in [0.25, 0.3) is 0 Å². The molecule has 2 aromatic carbocycles. The molecule has 1 heterocycles. The lowest BCUT2D eigenvalue weighted by Crippen LogP contribution is -2.16. The van der Waals surface area contributed by atoms with E-state index in [4.69, 9.17) is 9.73 Å². The molecule has 0 N–H and O–H groups in total. The molecule has 2 aromatic rings. The minimum absolute atomic E-state index is 0.404. The van der Waals surface area contributed by atoms with Crippen LogP contribution in [-0.2, 0) is 4.74 Å². The van der Waals surface area contributed by atoms with Crippen molar-refractivity contribution >= 4 is 17.3 Å². The van der Waals surface area contributed by atoms with Gasteiger partial charge in [0.1, 0.15) is 12.3 Å². The Morgan fingerprint density at radius 2 is 1.56 bits per heavy atom. The minimum atomic E-state index is 0.404. The van der Waals surface area contributed by atoms with Crippen LogP contribution in [0, 0.1) is 0 Å². The van der Waals surface area contributed by atoms with E-state index in [1.54, 1.807) is 0 Å². The first-order chi connectivity index (χ1) is 12.1. The summed E-state index contributed by atoms with van der Waals surface area (Å²) < 4.78 is 5.76. The number of para-hydroxylation sites is 1. The maximum absolute atomic E-state index is 5.76. The van der Waals surface area contributed by atoms with E-state index in [0.29, 0.717) is 30.9 Å². The monoisotopic (exact) mass is 334 g/mol. The van der Waals surface area contributed by atoms with Gasteiger partial charge in [0, 0.05) is 5.56 Å². The van der Waals surface area contributed by atoms with E-state index in [2.05, 4.69) is 63.0 Å². The molecule has 0 saturated carbocycles. The molecule has 0 bridgehead atoms. The highest BCUT2D eigenvalue weighted by Crippen LogP contribution is 2.35. The first kappa shape index (κ1) is 17.4. The van der Waals surface area contributed by atoms with Crippen molar-refractivity contribution in [3.63, 3.8) is 0 Å². The Morgan fingerprint density at radius 3 is 2.08 bits per heavy atom. The van der Waals surface area contributed by atoms with E-state index >= 15 is 0 Å². The summed E-state index contributed by atoms with van der Waals surface area (Å²) >= 11 is 0. The summed E-state index contributed by atoms with van der Waals surface area (Å²) in [5, 5.41) is 0. The molecule has 25 heavy (non-hydrogen) atoms. The fraction of sp³-hybridized carbons (Fsp3) is 0.364. The first-order valence-corrected chi connectivity index (χ1v) is 9.02. The van der Waals surface area contributed by atoms with Crippen LogP contribution in [0.2, 0.25) is 0 Å². The van der Waals surface area contributed by atoms with Crippen molar-refractivity contribution in [2.75, 3.05) is 13.2 Å². The van der Waals surface area contributed by atoms with Gasteiger partial charge in [-0.3, -0.25) is 0 Å². The van der Waals surface area contributed by atoms with Crippen LogP contribution < -0.4 is 0 Å². The molecule has 1 aliphatic rings. The molecular formula is C22H26N2O. The lowest BCUT2D eigenvalue weighted by Gasteiger charge is -2.18. The van der Waals surface area contributed by atoms with Crippen molar-refractivity contribution in [1.82, 2.24) is 0 Å². The normalized spacial score (nSPS) is 14.8. The first-order valence-electron chi connectivity index (χ1n) is 9.02. The van der Waals surface area contributed by atoms with Gasteiger partial charge in [-0.1, -0.05) is 76.2 Å². The molecule has 3 nitrogen and oxygen atoms in total. The van der Waals surface area contributed by atoms with Gasteiger partial charge < -0.3 is 4.74 Å². The van der Waals surface area contributed by atoms with Crippen LogP contribution in [0.5, 0.6) is 0 Å². The summed E-state index contributed by atoms with van der Waals surface area (Å²) in [4.78, 5) is 9.64. The van der Waals surface area contributed by atoms with Crippen molar-refractivity contribution in [1.29, 1.82) is 0 Å². The zero-order chi connectivity index (χ0) is 17.8. The highest BCUT2D eigenvalue weighted by atomic mass is 16.5. The maximum atomic E-state index is 5.76. The SMILES string of the molecule is CC(C)c1cccc(C(C)C)c1N=C(C1=NCCO1)c1ccccc1. The maximum Gasteiger partial charge on any atom is 0.236 e. The Hall–Kier alpha value is -2.42. The van der Waals surface area contributed by atoms with Crippen molar-refractivity contribution in [3.05, 3.63) is 65.2 Å². The van der Waals surface area contributed by atoms with E-state index < -0.39 is 0 Å². The second kappa shape index (κ2) is 7.64. The van der Waals surface area contributed by atoms with Gasteiger partial charge in [0.05, 0.1) is 12.2 Å². The van der Waals surface area contributed by atoms with Crippen LogP contribution in [0.4, 0.5) is 5.69 Å². The third kappa shape index (κ3) is 3.81. The molecule has 0 spiro atoms. The summed E-state index contributed by atoms with van der Waals surface area (Å²) in [6, 6.07) is 16.7. The average molecular weight is 334 g/mol. The standard InChI is InChI=1S/C22H26N2O/c1-15(2)18-11-8-12-19(16(3)4)21(18)24-20(22-23-13-14-25-22)17-9-6-5-7-10-17/h5-12,15-16H,13-14H2,1-4H3. The van der Waals surface area contributed by atoms with Gasteiger partial charge in [-0.15, -0.1) is 0 Å². The van der Waals surface area contributed by atoms with Gasteiger partial charge in [-0.25, -0.2) is 9.98 Å². The van der Waals surface area contributed by atoms with Gasteiger partial charge in [-0.05, 0) is 23.0 Å². The third-order valence-electron chi connectivity index (χ3n) is 4.40. The zero-order valence-electron chi connectivity index (χ0n) is 15.5. The summed E-state index contributed by atoms with van der Waals surface area (Å²) in [6.45, 7) is 10.2. The topological polar surface area (TPSA) is 34.0 Å². The Kier molecular flexibility index (Phi) is 5.32. The molecule has 0 unspecified atom stereocenters. The lowest BCUT2D eigenvalue weighted by molar-refractivity contribution is 0.353. The van der Waals surface area contributed by atoms with Crippen molar-refractivity contribution in [2.45, 2.75) is 39.5 Å². The fourth-order valence-corrected chi connectivity index (χ4v) is 3.06. The molecule has 0 amide bonds. The van der Waals surface area contributed by atoms with Crippen LogP contribution in [-0.4, -0.2) is 24.8 Å². The molecule has 0 radical (unpaired) electrons. The number of nitrogens with zero attached hydrogens (tertiary/aromatic N) is 2. The van der Waals surface area contributed by atoms with E-state index in [9.17, 15) is 0 Å². The second-order valence-electron chi connectivity index (χ2n) is 6.96. The molecule has 0 atom stereocenters. The highest BCUT2D eigenvalue weighted by molar-refractivity contribution is 6.46. The van der Waals surface area contributed by atoms with Gasteiger partial charge in [0.15, 0.2) is 0 Å². The summed E-state index contributed by atoms with van der Waals surface area (Å²) in [6.07, 6.45) is 0. The van der Waals surface area contributed by atoms with Crippen LogP contribution in [0.3, 0.4) is 0 Å². The predicted octanol–water partition coefficient (Wildman–Crippen LogP) is 5.48. The number of aliphatic imine (C=N–C) groups is 2. The molecule has 1 aliphatic heterocycles. The third-order valence-corrected chi connectivity index (χ3v) is 4.40. The van der Waals surface area contributed by atoms with Gasteiger partial charge >= 0.3 is 0 Å². The molecule has 130 valence electrons. The summed E-state index contributed by atoms with van der Waals surface area (Å²) in [7, 11) is 0. The van der Waals surface area contributed by atoms with E-state index in [0.717, 1.165) is 17.0 Å². The molecular weight excluding hydrogens is 308 g/mol. The Bertz CT molecular complexity index is 763. The highest BCUT2D eigenvalue weighted by Gasteiger charge is 2.20. The number of hydrogen-bond acceptors (Lipinski definition) is 3. The van der Waals surface area contributed by atoms with Crippen LogP contribution >= 0.6 is 0 Å². The summed E-state index contributed by atoms with van der Waals surface area (Å²) in [5.41, 5.74) is 5.45. The molecule has 0 fully saturated rings. The molecule has 3 heteroatoms. The Labute approximate surface area is 150 Å². The molecule has 0 aromatic heterocycles. The predicted molar refractivity (Wildman–Crippen MR) is 106 cm³/mol. The zero-order valence-corrected chi connectivity index (χ0v) is 15.5. The number of rotatable bonds is 5. The van der Waals surface area contributed by atoms with Gasteiger partial charge in [0.2, 0.25) is 5.90 Å². The number of hydrogen-bond donors (Lipinski definition) is 0. The largest absolute Gasteiger partial charge is 0.474 e. The molecule has 3 rings (SSSR count). The van der Waals surface area contributed by atoms with E-state index in [-0.39, 0.29) is 0 Å². The van der Waals surface area contributed by atoms with Crippen LogP contribution in [0.25, 0.3) is 0 Å². The molecule has 0 saturated heterocycles. The van der Waals surface area contributed by atoms with Crippen molar-refractivity contribution in [2.24, 2.45) is 9.98 Å². The van der Waals surface area contributed by atoms with Crippen LogP contribution in [0.15, 0.2) is 58.5 Å². The van der Waals surface area contributed by atoms with E-state index in [1.807, 2.05) is 18.2 Å². The fourth-order valence-electron chi connectivity index (χ4n) is 3.06. The van der Waals surface area contributed by atoms with Crippen molar-refractivity contribution in [3.8, 4) is 0 Å². The Balaban J connectivity index is 2.21. The smallest absolute Gasteiger partial charge is 0.236 e. The lowest BCUT2D eigenvalue weighted by atomic mass is 9.92. The average Bonchev–Trinajstić information content (AvgIpc) is 3.14. The quantitative estimate of drug-likeness (QED) is 0.666.